The second kappa shape index (κ2) is 7.65. The maximum Gasteiger partial charge on any atom is 0.130 e. The predicted molar refractivity (Wildman–Crippen MR) is 109 cm³/mol. The molecule has 3 aromatic rings. The number of fused-ring (bicyclic) bond motifs is 1. The first-order valence-corrected chi connectivity index (χ1v) is 9.83. The summed E-state index contributed by atoms with van der Waals surface area (Å²) < 4.78 is 14.5. The molecule has 1 aliphatic carbocycles. The van der Waals surface area contributed by atoms with Crippen LogP contribution in [-0.4, -0.2) is 16.1 Å². The normalized spacial score (nSPS) is 14.9. The van der Waals surface area contributed by atoms with E-state index in [1.54, 1.807) is 6.07 Å². The van der Waals surface area contributed by atoms with Gasteiger partial charge in [-0.05, 0) is 49.6 Å². The van der Waals surface area contributed by atoms with Gasteiger partial charge in [-0.1, -0.05) is 31.4 Å². The van der Waals surface area contributed by atoms with Crippen LogP contribution in [0, 0.1) is 24.1 Å². The van der Waals surface area contributed by atoms with Crippen molar-refractivity contribution in [3.8, 4) is 6.07 Å². The van der Waals surface area contributed by atoms with Gasteiger partial charge in [0.1, 0.15) is 11.6 Å². The highest BCUT2D eigenvalue weighted by Gasteiger charge is 2.26. The van der Waals surface area contributed by atoms with Gasteiger partial charge in [0.15, 0.2) is 0 Å². The van der Waals surface area contributed by atoms with E-state index in [2.05, 4.69) is 22.9 Å². The molecular formula is C23H24FN3O. The number of aromatic amines is 1. The molecule has 0 unspecified atom stereocenters. The van der Waals surface area contributed by atoms with Crippen molar-refractivity contribution >= 4 is 22.4 Å². The summed E-state index contributed by atoms with van der Waals surface area (Å²) in [5.74, 6) is 0.564. The number of aryl methyl sites for hydroxylation is 1. The van der Waals surface area contributed by atoms with Crippen molar-refractivity contribution in [3.05, 3.63) is 58.9 Å². The first-order valence-electron chi connectivity index (χ1n) is 9.83. The number of H-pyrrole nitrogens is 1. The van der Waals surface area contributed by atoms with Crippen LogP contribution < -0.4 is 4.90 Å². The number of rotatable bonds is 4. The fourth-order valence-electron chi connectivity index (χ4n) is 4.31. The molecule has 28 heavy (non-hydrogen) atoms. The Hall–Kier alpha value is -2.84. The second-order valence-electron chi connectivity index (χ2n) is 7.57. The highest BCUT2D eigenvalue weighted by molar-refractivity contribution is 5.91. The van der Waals surface area contributed by atoms with Crippen LogP contribution >= 0.6 is 0 Å². The van der Waals surface area contributed by atoms with E-state index < -0.39 is 0 Å². The van der Waals surface area contributed by atoms with Crippen LogP contribution in [0.4, 0.5) is 15.9 Å². The molecule has 1 aliphatic rings. The van der Waals surface area contributed by atoms with Crippen LogP contribution in [0.25, 0.3) is 10.9 Å². The number of halogens is 1. The quantitative estimate of drug-likeness (QED) is 0.635. The first kappa shape index (κ1) is 18.5. The summed E-state index contributed by atoms with van der Waals surface area (Å²) >= 11 is 0. The molecule has 1 saturated carbocycles. The summed E-state index contributed by atoms with van der Waals surface area (Å²) in [6, 6.07) is 13.2. The van der Waals surface area contributed by atoms with Crippen molar-refractivity contribution in [2.45, 2.75) is 51.7 Å². The number of hydrogen-bond acceptors (Lipinski definition) is 3. The molecule has 1 heterocycles. The number of aliphatic hydroxyl groups is 1. The number of aliphatic hydroxyl groups excluding tert-OH is 1. The summed E-state index contributed by atoms with van der Waals surface area (Å²) in [6.45, 7) is 1.76. The lowest BCUT2D eigenvalue weighted by molar-refractivity contribution is 0.276. The third-order valence-corrected chi connectivity index (χ3v) is 5.83. The van der Waals surface area contributed by atoms with Crippen LogP contribution in [0.2, 0.25) is 0 Å². The van der Waals surface area contributed by atoms with Crippen molar-refractivity contribution in [1.29, 1.82) is 5.26 Å². The van der Waals surface area contributed by atoms with Crippen molar-refractivity contribution in [2.75, 3.05) is 4.90 Å². The molecule has 5 heteroatoms. The monoisotopic (exact) mass is 377 g/mol. The zero-order valence-corrected chi connectivity index (χ0v) is 16.0. The number of hydrogen-bond donors (Lipinski definition) is 2. The maximum absolute atomic E-state index is 14.5. The Morgan fingerprint density at radius 3 is 2.64 bits per heavy atom. The molecule has 0 aliphatic heterocycles. The van der Waals surface area contributed by atoms with E-state index in [0.717, 1.165) is 53.7 Å². The third kappa shape index (κ3) is 3.25. The summed E-state index contributed by atoms with van der Waals surface area (Å²) in [4.78, 5) is 5.70. The van der Waals surface area contributed by atoms with Crippen LogP contribution in [-0.2, 0) is 6.61 Å². The third-order valence-electron chi connectivity index (χ3n) is 5.83. The highest BCUT2D eigenvalue weighted by atomic mass is 19.1. The molecule has 2 N–H and O–H groups in total. The van der Waals surface area contributed by atoms with E-state index in [0.29, 0.717) is 11.1 Å². The van der Waals surface area contributed by atoms with Crippen LogP contribution in [0.3, 0.4) is 0 Å². The average Bonchev–Trinajstić information content (AvgIpc) is 3.04. The zero-order valence-electron chi connectivity index (χ0n) is 16.0. The topological polar surface area (TPSA) is 63.0 Å². The SMILES string of the molecule is Cc1c(N(c2ccc(CO)c(F)c2)C2CCCCC2)[nH]c2cc(C#N)ccc12. The van der Waals surface area contributed by atoms with Crippen molar-refractivity contribution in [2.24, 2.45) is 0 Å². The summed E-state index contributed by atoms with van der Waals surface area (Å²) in [7, 11) is 0. The Morgan fingerprint density at radius 2 is 1.96 bits per heavy atom. The average molecular weight is 377 g/mol. The number of nitrogens with zero attached hydrogens (tertiary/aromatic N) is 2. The van der Waals surface area contributed by atoms with Gasteiger partial charge in [-0.25, -0.2) is 4.39 Å². The van der Waals surface area contributed by atoms with Crippen molar-refractivity contribution in [3.63, 3.8) is 0 Å². The summed E-state index contributed by atoms with van der Waals surface area (Å²) in [5, 5.41) is 19.6. The van der Waals surface area contributed by atoms with E-state index in [4.69, 9.17) is 0 Å². The molecule has 4 rings (SSSR count). The Bertz CT molecular complexity index is 1040. The van der Waals surface area contributed by atoms with Crippen molar-refractivity contribution < 1.29 is 9.50 Å². The first-order chi connectivity index (χ1) is 13.6. The number of nitriles is 1. The van der Waals surface area contributed by atoms with Crippen LogP contribution in [0.15, 0.2) is 36.4 Å². The van der Waals surface area contributed by atoms with Gasteiger partial charge < -0.3 is 15.0 Å². The molecule has 0 amide bonds. The van der Waals surface area contributed by atoms with Gasteiger partial charge in [-0.15, -0.1) is 0 Å². The molecule has 0 spiro atoms. The molecular weight excluding hydrogens is 353 g/mol. The lowest BCUT2D eigenvalue weighted by Gasteiger charge is -2.36. The molecule has 0 atom stereocenters. The van der Waals surface area contributed by atoms with E-state index in [9.17, 15) is 14.8 Å². The smallest absolute Gasteiger partial charge is 0.130 e. The highest BCUT2D eigenvalue weighted by Crippen LogP contribution is 2.38. The van der Waals surface area contributed by atoms with E-state index in [-0.39, 0.29) is 18.5 Å². The summed E-state index contributed by atoms with van der Waals surface area (Å²) in [6.07, 6.45) is 5.68. The van der Waals surface area contributed by atoms with Gasteiger partial charge in [0.05, 0.1) is 18.2 Å². The molecule has 0 saturated heterocycles. The summed E-state index contributed by atoms with van der Waals surface area (Å²) in [5.41, 5.74) is 3.72. The lowest BCUT2D eigenvalue weighted by Crippen LogP contribution is -2.33. The minimum atomic E-state index is -0.388. The van der Waals surface area contributed by atoms with Gasteiger partial charge >= 0.3 is 0 Å². The Labute approximate surface area is 164 Å². The van der Waals surface area contributed by atoms with E-state index in [1.165, 1.54) is 12.5 Å². The molecule has 1 fully saturated rings. The van der Waals surface area contributed by atoms with Crippen LogP contribution in [0.5, 0.6) is 0 Å². The predicted octanol–water partition coefficient (Wildman–Crippen LogP) is 5.45. The largest absolute Gasteiger partial charge is 0.392 e. The Balaban J connectivity index is 1.86. The van der Waals surface area contributed by atoms with E-state index in [1.807, 2.05) is 24.3 Å². The fourth-order valence-corrected chi connectivity index (χ4v) is 4.31. The Kier molecular flexibility index (Phi) is 5.06. The molecule has 2 aromatic carbocycles. The molecule has 0 radical (unpaired) electrons. The van der Waals surface area contributed by atoms with Crippen LogP contribution in [0.1, 0.15) is 48.8 Å². The standard InChI is InChI=1S/C23H24FN3O/c1-15-20-10-7-16(13-25)11-22(20)26-23(15)27(18-5-3-2-4-6-18)19-9-8-17(14-28)21(24)12-19/h7-12,18,26,28H,2-6,14H2,1H3. The zero-order chi connectivity index (χ0) is 19.7. The Morgan fingerprint density at radius 1 is 1.18 bits per heavy atom. The maximum atomic E-state index is 14.5. The van der Waals surface area contributed by atoms with E-state index >= 15 is 0 Å². The van der Waals surface area contributed by atoms with Crippen molar-refractivity contribution in [1.82, 2.24) is 4.98 Å². The molecule has 144 valence electrons. The van der Waals surface area contributed by atoms with Gasteiger partial charge in [0.25, 0.3) is 0 Å². The van der Waals surface area contributed by atoms with Gasteiger partial charge in [0.2, 0.25) is 0 Å². The number of anilines is 2. The molecule has 0 bridgehead atoms. The van der Waals surface area contributed by atoms with Gasteiger partial charge in [0, 0.05) is 28.2 Å². The van der Waals surface area contributed by atoms with Gasteiger partial charge in [-0.3, -0.25) is 0 Å². The minimum Gasteiger partial charge on any atom is -0.392 e. The van der Waals surface area contributed by atoms with Gasteiger partial charge in [-0.2, -0.15) is 5.26 Å². The number of aromatic nitrogens is 1. The number of nitrogens with one attached hydrogen (secondary N) is 1. The molecule has 4 nitrogen and oxygen atoms in total. The molecule has 1 aromatic heterocycles. The number of benzene rings is 2. The minimum absolute atomic E-state index is 0.287. The fraction of sp³-hybridized carbons (Fsp3) is 0.348. The second-order valence-corrected chi connectivity index (χ2v) is 7.57. The lowest BCUT2D eigenvalue weighted by atomic mass is 9.93.